The van der Waals surface area contributed by atoms with E-state index in [2.05, 4.69) is 57.0 Å². The van der Waals surface area contributed by atoms with Crippen molar-refractivity contribution in [3.8, 4) is 0 Å². The topological polar surface area (TPSA) is 52.7 Å². The zero-order valence-corrected chi connectivity index (χ0v) is 21.8. The smallest absolute Gasteiger partial charge is 0.270 e. The highest BCUT2D eigenvalue weighted by Crippen LogP contribution is 2.45. The molecule has 6 heteroatoms. The number of nitrogens with one attached hydrogen (secondary N) is 1. The lowest BCUT2D eigenvalue weighted by atomic mass is 9.78. The summed E-state index contributed by atoms with van der Waals surface area (Å²) >= 11 is 5.33. The van der Waals surface area contributed by atoms with Gasteiger partial charge in [-0.2, -0.15) is 0 Å². The van der Waals surface area contributed by atoms with Crippen LogP contribution in [-0.4, -0.2) is 28.5 Å². The Labute approximate surface area is 207 Å². The maximum Gasteiger partial charge on any atom is 0.270 e. The molecule has 0 bridgehead atoms. The molecule has 1 atom stereocenters. The highest BCUT2D eigenvalue weighted by Gasteiger charge is 2.38. The molecule has 0 aromatic heterocycles. The summed E-state index contributed by atoms with van der Waals surface area (Å²) in [5.74, 6) is -0.508. The van der Waals surface area contributed by atoms with Crippen molar-refractivity contribution >= 4 is 46.6 Å². The second-order valence-corrected chi connectivity index (χ2v) is 10.8. The van der Waals surface area contributed by atoms with Gasteiger partial charge in [0.2, 0.25) is 0 Å². The van der Waals surface area contributed by atoms with Gasteiger partial charge in [-0.25, -0.2) is 0 Å². The Morgan fingerprint density at radius 3 is 2.38 bits per heavy atom. The number of nitrogens with zero attached hydrogens (tertiary/aromatic N) is 2. The summed E-state index contributed by atoms with van der Waals surface area (Å²) in [4.78, 5) is 30.1. The molecule has 2 aromatic carbocycles. The Morgan fingerprint density at radius 1 is 1.12 bits per heavy atom. The van der Waals surface area contributed by atoms with Gasteiger partial charge in [-0.05, 0) is 113 Å². The normalized spacial score (nSPS) is 21.2. The fraction of sp³-hybridized carbons (Fsp3) is 0.393. The second-order valence-electron chi connectivity index (χ2n) is 10.4. The number of amides is 2. The minimum Gasteiger partial charge on any atom is -0.364 e. The molecule has 0 aliphatic carbocycles. The van der Waals surface area contributed by atoms with E-state index in [4.69, 9.17) is 12.2 Å². The molecular formula is C28H33N3O2S. The van der Waals surface area contributed by atoms with E-state index in [0.717, 1.165) is 23.1 Å². The third-order valence-corrected chi connectivity index (χ3v) is 7.16. The lowest BCUT2D eigenvalue weighted by Gasteiger charge is -2.50. The molecule has 0 spiro atoms. The number of anilines is 2. The van der Waals surface area contributed by atoms with Gasteiger partial charge in [0, 0.05) is 17.3 Å². The SMILES string of the molecule is Cc1ccc(N2C(=O)/C(=C/c3cc4c(cc3C)N(C(C)C)C(C)(C)CC4C)C(=O)NC2=S)cc1. The standard InChI is InChI=1S/C28H33N3O2S/c1-16(2)31-24-12-18(4)20(13-22(24)19(5)15-28(31,6)7)14-23-25(32)29-27(34)30(26(23)33)21-10-8-17(3)9-11-21/h8-14,16,19H,15H2,1-7H3,(H,29,32,34)/b23-14+. The van der Waals surface area contributed by atoms with Crippen LogP contribution in [0, 0.1) is 13.8 Å². The number of carbonyl (C=O) groups excluding carboxylic acids is 2. The molecule has 34 heavy (non-hydrogen) atoms. The number of carbonyl (C=O) groups is 2. The van der Waals surface area contributed by atoms with E-state index < -0.39 is 11.8 Å². The van der Waals surface area contributed by atoms with Crippen LogP contribution >= 0.6 is 12.2 Å². The number of hydrogen-bond acceptors (Lipinski definition) is 4. The minimum atomic E-state index is -0.464. The third-order valence-electron chi connectivity index (χ3n) is 6.87. The predicted octanol–water partition coefficient (Wildman–Crippen LogP) is 5.64. The summed E-state index contributed by atoms with van der Waals surface area (Å²) < 4.78 is 0. The molecule has 2 aliphatic heterocycles. The van der Waals surface area contributed by atoms with Crippen molar-refractivity contribution in [3.63, 3.8) is 0 Å². The first-order chi connectivity index (χ1) is 15.9. The fourth-order valence-electron chi connectivity index (χ4n) is 5.49. The zero-order valence-electron chi connectivity index (χ0n) is 21.0. The molecule has 1 N–H and O–H groups in total. The number of benzene rings is 2. The molecule has 0 saturated carbocycles. The molecule has 5 nitrogen and oxygen atoms in total. The summed E-state index contributed by atoms with van der Waals surface area (Å²) in [6.45, 7) is 15.3. The van der Waals surface area contributed by atoms with Crippen molar-refractivity contribution in [3.05, 3.63) is 64.2 Å². The Kier molecular flexibility index (Phi) is 6.15. The van der Waals surface area contributed by atoms with Gasteiger partial charge in [0.05, 0.1) is 5.69 Å². The van der Waals surface area contributed by atoms with Crippen LogP contribution in [0.25, 0.3) is 6.08 Å². The summed E-state index contributed by atoms with van der Waals surface area (Å²) in [6, 6.07) is 12.2. The van der Waals surface area contributed by atoms with E-state index in [1.165, 1.54) is 16.2 Å². The number of aryl methyl sites for hydroxylation is 2. The monoisotopic (exact) mass is 475 g/mol. The molecule has 2 amide bonds. The highest BCUT2D eigenvalue weighted by molar-refractivity contribution is 7.80. The number of fused-ring (bicyclic) bond motifs is 1. The van der Waals surface area contributed by atoms with Crippen molar-refractivity contribution in [2.45, 2.75) is 72.4 Å². The van der Waals surface area contributed by atoms with Crippen molar-refractivity contribution in [2.24, 2.45) is 0 Å². The Balaban J connectivity index is 1.78. The molecule has 0 radical (unpaired) electrons. The maximum absolute atomic E-state index is 13.4. The maximum atomic E-state index is 13.4. The minimum absolute atomic E-state index is 0.0520. The summed E-state index contributed by atoms with van der Waals surface area (Å²) in [5.41, 5.74) is 6.24. The Morgan fingerprint density at radius 2 is 1.76 bits per heavy atom. The molecule has 1 saturated heterocycles. The van der Waals surface area contributed by atoms with Crippen LogP contribution in [0.2, 0.25) is 0 Å². The van der Waals surface area contributed by atoms with Gasteiger partial charge in [-0.3, -0.25) is 19.8 Å². The zero-order chi connectivity index (χ0) is 24.9. The molecular weight excluding hydrogens is 442 g/mol. The average molecular weight is 476 g/mol. The highest BCUT2D eigenvalue weighted by atomic mass is 32.1. The lowest BCUT2D eigenvalue weighted by molar-refractivity contribution is -0.122. The van der Waals surface area contributed by atoms with Crippen LogP contribution < -0.4 is 15.1 Å². The fourth-order valence-corrected chi connectivity index (χ4v) is 5.77. The molecule has 1 fully saturated rings. The third kappa shape index (κ3) is 4.16. The number of hydrogen-bond donors (Lipinski definition) is 1. The Bertz CT molecular complexity index is 1210. The van der Waals surface area contributed by atoms with E-state index in [1.807, 2.05) is 38.1 Å². The van der Waals surface area contributed by atoms with Gasteiger partial charge in [0.15, 0.2) is 5.11 Å². The molecule has 178 valence electrons. The molecule has 2 heterocycles. The van der Waals surface area contributed by atoms with Crippen LogP contribution in [-0.2, 0) is 9.59 Å². The molecule has 4 rings (SSSR count). The molecule has 2 aromatic rings. The van der Waals surface area contributed by atoms with Crippen LogP contribution in [0.1, 0.15) is 69.2 Å². The first-order valence-corrected chi connectivity index (χ1v) is 12.2. The largest absolute Gasteiger partial charge is 0.364 e. The van der Waals surface area contributed by atoms with Crippen LogP contribution in [0.15, 0.2) is 42.0 Å². The van der Waals surface area contributed by atoms with Gasteiger partial charge >= 0.3 is 0 Å². The lowest BCUT2D eigenvalue weighted by Crippen LogP contribution is -2.54. The predicted molar refractivity (Wildman–Crippen MR) is 143 cm³/mol. The van der Waals surface area contributed by atoms with Crippen LogP contribution in [0.5, 0.6) is 0 Å². The number of rotatable bonds is 3. The van der Waals surface area contributed by atoms with Crippen molar-refractivity contribution in [1.29, 1.82) is 0 Å². The summed E-state index contributed by atoms with van der Waals surface area (Å²) in [7, 11) is 0. The molecule has 2 aliphatic rings. The van der Waals surface area contributed by atoms with E-state index in [9.17, 15) is 9.59 Å². The van der Waals surface area contributed by atoms with Gasteiger partial charge in [-0.15, -0.1) is 0 Å². The van der Waals surface area contributed by atoms with E-state index >= 15 is 0 Å². The first-order valence-electron chi connectivity index (χ1n) is 11.8. The van der Waals surface area contributed by atoms with Gasteiger partial charge < -0.3 is 4.90 Å². The number of thiocarbonyl (C=S) groups is 1. The van der Waals surface area contributed by atoms with Crippen molar-refractivity contribution in [1.82, 2.24) is 5.32 Å². The van der Waals surface area contributed by atoms with Crippen molar-refractivity contribution in [2.75, 3.05) is 9.80 Å². The molecule has 1 unspecified atom stereocenters. The average Bonchev–Trinajstić information content (AvgIpc) is 2.72. The first kappa shape index (κ1) is 24.1. The summed E-state index contributed by atoms with van der Waals surface area (Å²) in [6.07, 6.45) is 2.74. The van der Waals surface area contributed by atoms with Crippen molar-refractivity contribution < 1.29 is 9.59 Å². The van der Waals surface area contributed by atoms with E-state index in [0.29, 0.717) is 17.6 Å². The summed E-state index contributed by atoms with van der Waals surface area (Å²) in [5, 5.41) is 2.79. The van der Waals surface area contributed by atoms with Crippen LogP contribution in [0.3, 0.4) is 0 Å². The van der Waals surface area contributed by atoms with E-state index in [1.54, 1.807) is 6.08 Å². The van der Waals surface area contributed by atoms with Gasteiger partial charge in [0.25, 0.3) is 11.8 Å². The van der Waals surface area contributed by atoms with Crippen LogP contribution in [0.4, 0.5) is 11.4 Å². The van der Waals surface area contributed by atoms with Gasteiger partial charge in [0.1, 0.15) is 5.57 Å². The Hall–Kier alpha value is -2.99. The van der Waals surface area contributed by atoms with Gasteiger partial charge in [-0.1, -0.05) is 24.6 Å². The van der Waals surface area contributed by atoms with E-state index in [-0.39, 0.29) is 16.2 Å². The quantitative estimate of drug-likeness (QED) is 0.355. The second kappa shape index (κ2) is 8.66.